The predicted octanol–water partition coefficient (Wildman–Crippen LogP) is -8.36. The summed E-state index contributed by atoms with van der Waals surface area (Å²) in [6.45, 7) is 0. The van der Waals surface area contributed by atoms with Gasteiger partial charge in [0.25, 0.3) is 0 Å². The molecule has 0 aromatic carbocycles. The molecule has 0 N–H and O–H groups in total. The van der Waals surface area contributed by atoms with Crippen molar-refractivity contribution in [3.63, 3.8) is 0 Å². The third-order valence-electron chi connectivity index (χ3n) is 0. The van der Waals surface area contributed by atoms with Crippen LogP contribution < -0.4 is 103 Å². The Bertz CT molecular complexity index is 15.3. The first-order chi connectivity index (χ1) is 4.00. The van der Waals surface area contributed by atoms with Crippen molar-refractivity contribution >= 4 is 253 Å². The molecule has 0 spiro atoms. The molecule has 0 saturated heterocycles. The van der Waals surface area contributed by atoms with Gasteiger partial charge in [0.2, 0.25) is 0 Å². The van der Waals surface area contributed by atoms with Gasteiger partial charge in [0.15, 0.2) is 0 Å². The van der Waals surface area contributed by atoms with E-state index in [1.807, 2.05) is 0 Å². The Hall–Kier alpha value is 16.4. The second-order valence-corrected chi connectivity index (χ2v) is 0. The van der Waals surface area contributed by atoms with Crippen LogP contribution >= 0.6 is 0 Å². The summed E-state index contributed by atoms with van der Waals surface area (Å²) in [5, 5.41) is 0. The molecule has 0 aliphatic rings. The molecule has 0 radical (unpaired) electrons. The number of hydrogen-bond donors (Lipinski definition) is 0. The average Bonchev–Trinajstić information content (AvgIpc) is 2.03. The summed E-state index contributed by atoms with van der Waals surface area (Å²) in [6, 6.07) is 0. The summed E-state index contributed by atoms with van der Waals surface area (Å²) in [4.78, 5) is 0. The third-order valence-corrected chi connectivity index (χ3v) is 0. The quantitative estimate of drug-likeness (QED) is 0.357. The van der Waals surface area contributed by atoms with Crippen LogP contribution in [0.4, 0.5) is 0 Å². The van der Waals surface area contributed by atoms with E-state index in [4.69, 9.17) is 0 Å². The fraction of sp³-hybridized carbons (Fsp3) is 0. The molecule has 0 aliphatic carbocycles. The van der Waals surface area contributed by atoms with Crippen LogP contribution in [0.5, 0.6) is 0 Å². The molecular formula is H6K10+4. The molecule has 0 rings (SSSR count). The number of rotatable bonds is 0. The summed E-state index contributed by atoms with van der Waals surface area (Å²) in [5.41, 5.74) is 0. The Labute approximate surface area is 341 Å². The van der Waals surface area contributed by atoms with Crippen molar-refractivity contribution in [3.8, 4) is 0 Å². The van der Waals surface area contributed by atoms with E-state index in [9.17, 15) is 0 Å². The fourth-order valence-electron chi connectivity index (χ4n) is 0. The predicted molar refractivity (Wildman–Crippen MR) is 52.7 cm³/mol. The summed E-state index contributed by atoms with van der Waals surface area (Å²) >= 11 is 10.0. The molecular weight excluding hydrogens is 391 g/mol. The third kappa shape index (κ3) is 49.7. The molecule has 0 nitrogen and oxygen atoms in total. The van der Waals surface area contributed by atoms with E-state index in [-0.39, 0.29) is 111 Å². The standard InChI is InChI=1S/10K.2H/q;;;;;;;;2*+1;2*-1/p+4. The molecule has 10 heteroatoms. The van der Waals surface area contributed by atoms with Crippen molar-refractivity contribution in [3.05, 3.63) is 0 Å². The average molecular weight is 397 g/mol. The molecule has 0 fully saturated rings. The second kappa shape index (κ2) is 56.2. The first-order valence-corrected chi connectivity index (χ1v) is 68.0. The van der Waals surface area contributed by atoms with E-state index in [2.05, 4.69) is 0 Å². The molecule has 0 aromatic heterocycles. The Morgan fingerprint density at radius 3 is 0.500 bits per heavy atom. The van der Waals surface area contributed by atoms with Gasteiger partial charge < -0.3 is 2.85 Å². The van der Waals surface area contributed by atoms with E-state index in [1.54, 1.807) is 0 Å². The molecule has 12 valence electrons. The monoisotopic (exact) mass is 396 g/mol. The first-order valence-electron chi connectivity index (χ1n) is 4.00. The van der Waals surface area contributed by atoms with Crippen molar-refractivity contribution < 1.29 is 111 Å². The molecule has 10 heavy (non-hydrogen) atoms. The van der Waals surface area contributed by atoms with Crippen molar-refractivity contribution in [1.82, 2.24) is 0 Å². The summed E-state index contributed by atoms with van der Waals surface area (Å²) in [5.74, 6) is 0. The number of hydrogen-bond acceptors (Lipinski definition) is 0. The van der Waals surface area contributed by atoms with Gasteiger partial charge in [0.05, 0.1) is 0 Å². The Balaban J connectivity index is -0.00000000114. The van der Waals surface area contributed by atoms with Crippen LogP contribution in [0.15, 0.2) is 0 Å². The molecule has 0 aliphatic heterocycles. The van der Waals surface area contributed by atoms with Crippen LogP contribution in [0.3, 0.4) is 0 Å². The fourth-order valence-corrected chi connectivity index (χ4v) is 0. The molecule has 0 heterocycles. The van der Waals surface area contributed by atoms with E-state index in [0.717, 1.165) is 0 Å². The van der Waals surface area contributed by atoms with Gasteiger partial charge in [-0.2, -0.15) is 0 Å². The summed E-state index contributed by atoms with van der Waals surface area (Å²) in [7, 11) is 0. The van der Waals surface area contributed by atoms with Gasteiger partial charge in [-0.15, -0.1) is 0 Å². The van der Waals surface area contributed by atoms with Crippen molar-refractivity contribution in [2.24, 2.45) is 0 Å². The van der Waals surface area contributed by atoms with E-state index < -0.39 is 0 Å². The first kappa shape index (κ1) is 40.9. The normalized spacial score (nSPS) is 3.20. The van der Waals surface area contributed by atoms with E-state index >= 15 is 0 Å². The molecule has 0 amide bonds. The van der Waals surface area contributed by atoms with Gasteiger partial charge in [0, 0.05) is 0 Å². The van der Waals surface area contributed by atoms with Crippen LogP contribution in [0.25, 0.3) is 0 Å². The van der Waals surface area contributed by atoms with E-state index in [1.165, 1.54) is 253 Å². The van der Waals surface area contributed by atoms with Gasteiger partial charge in [-0.1, -0.05) is 0 Å². The molecule has 0 aromatic rings. The minimum absolute atomic E-state index is 0. The van der Waals surface area contributed by atoms with Crippen molar-refractivity contribution in [2.75, 3.05) is 0 Å². The minimum atomic E-state index is 0. The zero-order valence-corrected chi connectivity index (χ0v) is 41.2. The van der Waals surface area contributed by atoms with Crippen LogP contribution in [-0.2, 0) is 0 Å². The molecule has 0 bridgehead atoms. The molecule has 0 atom stereocenters. The van der Waals surface area contributed by atoms with Gasteiger partial charge >= 0.3 is 361 Å². The van der Waals surface area contributed by atoms with Gasteiger partial charge in [-0.25, -0.2) is 0 Å². The summed E-state index contributed by atoms with van der Waals surface area (Å²) < 4.78 is 0. The van der Waals surface area contributed by atoms with Gasteiger partial charge in [-0.05, 0) is 0 Å². The Kier molecular flexibility index (Phi) is 230. The maximum atomic E-state index is 1.25. The van der Waals surface area contributed by atoms with Crippen LogP contribution in [0.1, 0.15) is 8.56 Å². The van der Waals surface area contributed by atoms with Crippen LogP contribution in [0, 0.1) is 0 Å². The molecule has 0 saturated carbocycles. The topological polar surface area (TPSA) is 0 Å². The Morgan fingerprint density at radius 1 is 0.500 bits per heavy atom. The van der Waals surface area contributed by atoms with Crippen molar-refractivity contribution in [2.45, 2.75) is 0 Å². The zero-order chi connectivity index (χ0) is 8.00. The zero-order valence-electron chi connectivity index (χ0n) is 16.0. The van der Waals surface area contributed by atoms with Gasteiger partial charge in [0.1, 0.15) is 0 Å². The summed E-state index contributed by atoms with van der Waals surface area (Å²) in [6.07, 6.45) is 0. The second-order valence-electron chi connectivity index (χ2n) is 0. The van der Waals surface area contributed by atoms with Crippen LogP contribution in [0.2, 0.25) is 0 Å². The maximum absolute atomic E-state index is 1.25. The Morgan fingerprint density at radius 2 is 0.500 bits per heavy atom. The SMILES string of the molecule is [H+].[H+].[H+].[H+].[H-].[H-].[K+].[K+].[K][K].[K][K].[K][K].[K][K]. The van der Waals surface area contributed by atoms with E-state index in [0.29, 0.717) is 0 Å². The van der Waals surface area contributed by atoms with Gasteiger partial charge in [-0.3, -0.25) is 0 Å². The molecule has 0 unspecified atom stereocenters. The van der Waals surface area contributed by atoms with Crippen molar-refractivity contribution in [1.29, 1.82) is 0 Å². The van der Waals surface area contributed by atoms with Crippen LogP contribution in [-0.4, -0.2) is 253 Å².